The fraction of sp³-hybridized carbons (Fsp3) is 0. The van der Waals surface area contributed by atoms with Gasteiger partial charge in [-0.2, -0.15) is 14.8 Å². The Morgan fingerprint density at radius 3 is 2.83 bits per heavy atom. The number of benzene rings is 1. The standard InChI is InChI=1S/C9H7FN6O2/c10-5-2-1-3-6(8(5)16(17)18)14-15-7(4-11)9(12)13/h1-3,14H,(H3,12,13)/b15-7+. The summed E-state index contributed by atoms with van der Waals surface area (Å²) in [4.78, 5) is 9.71. The van der Waals surface area contributed by atoms with E-state index in [0.29, 0.717) is 0 Å². The van der Waals surface area contributed by atoms with Crippen LogP contribution >= 0.6 is 0 Å². The van der Waals surface area contributed by atoms with Crippen molar-refractivity contribution >= 4 is 22.9 Å². The molecule has 0 aliphatic rings. The Morgan fingerprint density at radius 1 is 1.67 bits per heavy atom. The van der Waals surface area contributed by atoms with Gasteiger partial charge in [0.05, 0.1) is 4.92 Å². The summed E-state index contributed by atoms with van der Waals surface area (Å²) in [5.41, 5.74) is 5.64. The van der Waals surface area contributed by atoms with E-state index in [1.54, 1.807) is 0 Å². The van der Waals surface area contributed by atoms with Crippen LogP contribution in [0.1, 0.15) is 0 Å². The number of anilines is 1. The minimum Gasteiger partial charge on any atom is -0.382 e. The van der Waals surface area contributed by atoms with Crippen LogP contribution < -0.4 is 11.2 Å². The Bertz CT molecular complexity index is 577. The van der Waals surface area contributed by atoms with E-state index < -0.39 is 28.0 Å². The van der Waals surface area contributed by atoms with Crippen molar-refractivity contribution in [2.45, 2.75) is 0 Å². The third-order valence-corrected chi connectivity index (χ3v) is 1.82. The fourth-order valence-electron chi connectivity index (χ4n) is 1.05. The van der Waals surface area contributed by atoms with Gasteiger partial charge in [-0.1, -0.05) is 6.07 Å². The Morgan fingerprint density at radius 2 is 2.33 bits per heavy atom. The molecule has 0 aromatic heterocycles. The van der Waals surface area contributed by atoms with E-state index in [1.807, 2.05) is 0 Å². The highest BCUT2D eigenvalue weighted by atomic mass is 19.1. The minimum atomic E-state index is -1.04. The molecule has 0 heterocycles. The number of nitrogens with one attached hydrogen (secondary N) is 2. The van der Waals surface area contributed by atoms with E-state index in [0.717, 1.165) is 6.07 Å². The monoisotopic (exact) mass is 250 g/mol. The maximum Gasteiger partial charge on any atom is 0.329 e. The SMILES string of the molecule is N#C/C(=N\Nc1cccc(F)c1[N+](=O)[O-])C(=N)N. The van der Waals surface area contributed by atoms with E-state index >= 15 is 0 Å². The summed E-state index contributed by atoms with van der Waals surface area (Å²) < 4.78 is 13.2. The maximum absolute atomic E-state index is 13.2. The highest BCUT2D eigenvalue weighted by Gasteiger charge is 2.19. The van der Waals surface area contributed by atoms with Crippen molar-refractivity contribution in [3.63, 3.8) is 0 Å². The van der Waals surface area contributed by atoms with E-state index in [-0.39, 0.29) is 5.69 Å². The molecule has 0 saturated heterocycles. The number of nitro groups is 1. The molecule has 9 heteroatoms. The Hall–Kier alpha value is -3.02. The fourth-order valence-corrected chi connectivity index (χ4v) is 1.05. The Labute approximate surface area is 100 Å². The van der Waals surface area contributed by atoms with Gasteiger partial charge in [-0.05, 0) is 12.1 Å². The zero-order valence-corrected chi connectivity index (χ0v) is 8.85. The van der Waals surface area contributed by atoms with Crippen LogP contribution in [-0.4, -0.2) is 16.5 Å². The zero-order valence-electron chi connectivity index (χ0n) is 8.85. The van der Waals surface area contributed by atoms with Crippen LogP contribution in [0.15, 0.2) is 23.3 Å². The first-order valence-corrected chi connectivity index (χ1v) is 4.48. The van der Waals surface area contributed by atoms with Crippen LogP contribution in [0.5, 0.6) is 0 Å². The molecule has 0 saturated carbocycles. The predicted molar refractivity (Wildman–Crippen MR) is 61.6 cm³/mol. The second-order valence-electron chi connectivity index (χ2n) is 2.99. The molecule has 1 rings (SSSR count). The molecule has 1 aromatic rings. The highest BCUT2D eigenvalue weighted by Crippen LogP contribution is 2.26. The van der Waals surface area contributed by atoms with Gasteiger partial charge in [0, 0.05) is 0 Å². The molecule has 0 aliphatic heterocycles. The molecule has 4 N–H and O–H groups in total. The van der Waals surface area contributed by atoms with Crippen molar-refractivity contribution in [2.75, 3.05) is 5.43 Å². The average Bonchev–Trinajstić information content (AvgIpc) is 2.28. The van der Waals surface area contributed by atoms with Gasteiger partial charge >= 0.3 is 5.69 Å². The minimum absolute atomic E-state index is 0.242. The van der Waals surface area contributed by atoms with Crippen molar-refractivity contribution in [1.82, 2.24) is 0 Å². The lowest BCUT2D eigenvalue weighted by Crippen LogP contribution is -2.22. The van der Waals surface area contributed by atoms with Gasteiger partial charge in [0.25, 0.3) is 0 Å². The molecular formula is C9H7FN6O2. The van der Waals surface area contributed by atoms with Crippen molar-refractivity contribution in [3.05, 3.63) is 34.1 Å². The summed E-state index contributed by atoms with van der Waals surface area (Å²) in [6.07, 6.45) is 0. The summed E-state index contributed by atoms with van der Waals surface area (Å²) in [6, 6.07) is 4.87. The number of amidine groups is 1. The van der Waals surface area contributed by atoms with Gasteiger partial charge in [0.1, 0.15) is 11.8 Å². The molecule has 1 aromatic carbocycles. The second kappa shape index (κ2) is 5.35. The van der Waals surface area contributed by atoms with E-state index in [9.17, 15) is 14.5 Å². The van der Waals surface area contributed by atoms with E-state index in [2.05, 4.69) is 10.5 Å². The largest absolute Gasteiger partial charge is 0.382 e. The van der Waals surface area contributed by atoms with E-state index in [4.69, 9.17) is 16.4 Å². The predicted octanol–water partition coefficient (Wildman–Crippen LogP) is 0.961. The smallest absolute Gasteiger partial charge is 0.329 e. The van der Waals surface area contributed by atoms with Gasteiger partial charge in [-0.15, -0.1) is 0 Å². The molecule has 18 heavy (non-hydrogen) atoms. The summed E-state index contributed by atoms with van der Waals surface area (Å²) in [5.74, 6) is -1.65. The quantitative estimate of drug-likeness (QED) is 0.316. The molecule has 8 nitrogen and oxygen atoms in total. The van der Waals surface area contributed by atoms with Gasteiger partial charge in [0.15, 0.2) is 5.84 Å². The van der Waals surface area contributed by atoms with Crippen LogP contribution in [-0.2, 0) is 0 Å². The molecule has 0 spiro atoms. The number of hydrogen-bond acceptors (Lipinski definition) is 6. The molecule has 0 aliphatic carbocycles. The zero-order chi connectivity index (χ0) is 13.7. The van der Waals surface area contributed by atoms with Gasteiger partial charge < -0.3 is 5.73 Å². The molecule has 0 radical (unpaired) electrons. The average molecular weight is 250 g/mol. The number of nitriles is 1. The first-order valence-electron chi connectivity index (χ1n) is 4.48. The number of nitro benzene ring substituents is 1. The normalized spacial score (nSPS) is 10.6. The number of halogens is 1. The lowest BCUT2D eigenvalue weighted by molar-refractivity contribution is -0.386. The highest BCUT2D eigenvalue weighted by molar-refractivity contribution is 6.45. The lowest BCUT2D eigenvalue weighted by atomic mass is 10.2. The van der Waals surface area contributed by atoms with Crippen molar-refractivity contribution in [2.24, 2.45) is 10.8 Å². The van der Waals surface area contributed by atoms with Crippen molar-refractivity contribution in [3.8, 4) is 6.07 Å². The topological polar surface area (TPSA) is 141 Å². The van der Waals surface area contributed by atoms with E-state index in [1.165, 1.54) is 18.2 Å². The molecule has 0 unspecified atom stereocenters. The molecule has 0 amide bonds. The first-order chi connectivity index (χ1) is 8.47. The Balaban J connectivity index is 3.14. The number of rotatable bonds is 4. The maximum atomic E-state index is 13.2. The summed E-state index contributed by atoms with van der Waals surface area (Å²) in [7, 11) is 0. The molecule has 92 valence electrons. The van der Waals surface area contributed by atoms with Gasteiger partial charge in [-0.3, -0.25) is 20.9 Å². The number of nitrogens with two attached hydrogens (primary N) is 1. The number of hydrogen-bond donors (Lipinski definition) is 3. The summed E-state index contributed by atoms with van der Waals surface area (Å²) in [6.45, 7) is 0. The van der Waals surface area contributed by atoms with Crippen molar-refractivity contribution in [1.29, 1.82) is 10.7 Å². The van der Waals surface area contributed by atoms with Crippen molar-refractivity contribution < 1.29 is 9.31 Å². The van der Waals surface area contributed by atoms with Crippen LogP contribution in [0.2, 0.25) is 0 Å². The Kier molecular flexibility index (Phi) is 3.88. The lowest BCUT2D eigenvalue weighted by Gasteiger charge is -2.02. The molecule has 0 fully saturated rings. The summed E-state index contributed by atoms with van der Waals surface area (Å²) in [5, 5.41) is 29.5. The van der Waals surface area contributed by atoms with Crippen LogP contribution in [0.3, 0.4) is 0 Å². The third kappa shape index (κ3) is 2.76. The van der Waals surface area contributed by atoms with Crippen LogP contribution in [0.25, 0.3) is 0 Å². The molecular weight excluding hydrogens is 243 g/mol. The van der Waals surface area contributed by atoms with Crippen LogP contribution in [0.4, 0.5) is 15.8 Å². The van der Waals surface area contributed by atoms with Gasteiger partial charge in [-0.25, -0.2) is 0 Å². The first kappa shape index (κ1) is 13.0. The number of hydrazone groups is 1. The molecule has 0 atom stereocenters. The number of para-hydroxylation sites is 1. The van der Waals surface area contributed by atoms with Gasteiger partial charge in [0.2, 0.25) is 11.5 Å². The molecule has 0 bridgehead atoms. The number of nitrogens with zero attached hydrogens (tertiary/aromatic N) is 3. The van der Waals surface area contributed by atoms with Crippen LogP contribution in [0, 0.1) is 32.7 Å². The third-order valence-electron chi connectivity index (χ3n) is 1.82. The summed E-state index contributed by atoms with van der Waals surface area (Å²) >= 11 is 0. The second-order valence-corrected chi connectivity index (χ2v) is 2.99.